The molecule has 0 saturated carbocycles. The summed E-state index contributed by atoms with van der Waals surface area (Å²) in [4.78, 5) is 41.4. The molecule has 2 aromatic carbocycles. The molecule has 2 amide bonds. The van der Waals surface area contributed by atoms with Gasteiger partial charge in [0.15, 0.2) is 0 Å². The Morgan fingerprint density at radius 1 is 0.967 bits per heavy atom. The topological polar surface area (TPSA) is 66.9 Å². The number of esters is 1. The molecule has 1 heterocycles. The Bertz CT molecular complexity index is 813. The summed E-state index contributed by atoms with van der Waals surface area (Å²) in [6, 6.07) is 19.2. The van der Waals surface area contributed by atoms with Gasteiger partial charge in [0.2, 0.25) is 0 Å². The van der Waals surface area contributed by atoms with E-state index in [-0.39, 0.29) is 18.4 Å². The summed E-state index contributed by atoms with van der Waals surface area (Å²) in [6.45, 7) is 3.46. The monoisotopic (exact) mass is 408 g/mol. The quantitative estimate of drug-likeness (QED) is 0.544. The molecule has 2 aromatic rings. The molecule has 1 aliphatic rings. The maximum atomic E-state index is 13.2. The number of nitrogens with zero attached hydrogens (tertiary/aromatic N) is 2. The largest absolute Gasteiger partial charge is 0.466 e. The first-order valence-corrected chi connectivity index (χ1v) is 10.4. The lowest BCUT2D eigenvalue weighted by molar-refractivity contribution is -0.157. The van der Waals surface area contributed by atoms with Gasteiger partial charge in [0, 0.05) is 26.2 Å². The molecule has 0 bridgehead atoms. The van der Waals surface area contributed by atoms with E-state index in [4.69, 9.17) is 4.74 Å². The summed E-state index contributed by atoms with van der Waals surface area (Å²) in [6.07, 6.45) is 1.36. The van der Waals surface area contributed by atoms with Crippen molar-refractivity contribution in [1.82, 2.24) is 9.80 Å². The second-order valence-electron chi connectivity index (χ2n) is 7.47. The third kappa shape index (κ3) is 5.69. The van der Waals surface area contributed by atoms with Crippen molar-refractivity contribution in [3.63, 3.8) is 0 Å². The Labute approximate surface area is 177 Å². The lowest BCUT2D eigenvalue weighted by Crippen LogP contribution is -2.49. The third-order valence-corrected chi connectivity index (χ3v) is 5.23. The van der Waals surface area contributed by atoms with Gasteiger partial charge in [-0.2, -0.15) is 0 Å². The van der Waals surface area contributed by atoms with Crippen LogP contribution < -0.4 is 0 Å². The van der Waals surface area contributed by atoms with Crippen molar-refractivity contribution in [2.45, 2.75) is 32.9 Å². The number of benzene rings is 2. The summed E-state index contributed by atoms with van der Waals surface area (Å²) in [5, 5.41) is 0. The van der Waals surface area contributed by atoms with Gasteiger partial charge in [-0.3, -0.25) is 14.4 Å². The van der Waals surface area contributed by atoms with Gasteiger partial charge in [0.25, 0.3) is 0 Å². The van der Waals surface area contributed by atoms with Gasteiger partial charge in [-0.15, -0.1) is 0 Å². The van der Waals surface area contributed by atoms with Crippen LogP contribution in [-0.2, 0) is 32.2 Å². The fraction of sp³-hybridized carbons (Fsp3) is 0.375. The predicted octanol–water partition coefficient (Wildman–Crippen LogP) is 3.02. The van der Waals surface area contributed by atoms with E-state index in [0.717, 1.165) is 11.1 Å². The smallest absolute Gasteiger partial charge is 0.312 e. The number of amides is 2. The van der Waals surface area contributed by atoms with Gasteiger partial charge in [-0.05, 0) is 30.9 Å². The van der Waals surface area contributed by atoms with Crippen LogP contribution in [0.15, 0.2) is 60.7 Å². The van der Waals surface area contributed by atoms with Crippen molar-refractivity contribution in [3.05, 3.63) is 71.8 Å². The summed E-state index contributed by atoms with van der Waals surface area (Å²) in [5.41, 5.74) is 1.91. The molecule has 0 aromatic heterocycles. The van der Waals surface area contributed by atoms with Gasteiger partial charge < -0.3 is 14.5 Å². The Kier molecular flexibility index (Phi) is 7.60. The van der Waals surface area contributed by atoms with Crippen molar-refractivity contribution in [2.75, 3.05) is 19.7 Å². The lowest BCUT2D eigenvalue weighted by atomic mass is 9.98. The van der Waals surface area contributed by atoms with Crippen LogP contribution in [0.4, 0.5) is 0 Å². The molecule has 0 spiro atoms. The summed E-state index contributed by atoms with van der Waals surface area (Å²) < 4.78 is 5.10. The zero-order valence-corrected chi connectivity index (χ0v) is 17.3. The van der Waals surface area contributed by atoms with Crippen LogP contribution >= 0.6 is 0 Å². The summed E-state index contributed by atoms with van der Waals surface area (Å²) in [5.74, 6) is -1.77. The lowest BCUT2D eigenvalue weighted by Gasteiger charge is -2.32. The molecule has 1 aliphatic heterocycles. The van der Waals surface area contributed by atoms with Crippen molar-refractivity contribution in [2.24, 2.45) is 5.92 Å². The highest BCUT2D eigenvalue weighted by Crippen LogP contribution is 2.19. The second-order valence-corrected chi connectivity index (χ2v) is 7.47. The molecule has 3 rings (SSSR count). The van der Waals surface area contributed by atoms with Crippen LogP contribution in [0.5, 0.6) is 0 Å². The zero-order valence-electron chi connectivity index (χ0n) is 17.3. The number of ether oxygens (including phenoxy) is 1. The highest BCUT2D eigenvalue weighted by Gasteiger charge is 2.34. The molecule has 1 saturated heterocycles. The van der Waals surface area contributed by atoms with Gasteiger partial charge >= 0.3 is 17.8 Å². The normalized spacial score (nSPS) is 16.0. The molecule has 0 radical (unpaired) electrons. The first-order valence-electron chi connectivity index (χ1n) is 10.4. The zero-order chi connectivity index (χ0) is 21.3. The van der Waals surface area contributed by atoms with Crippen LogP contribution in [0.25, 0.3) is 0 Å². The summed E-state index contributed by atoms with van der Waals surface area (Å²) >= 11 is 0. The van der Waals surface area contributed by atoms with Gasteiger partial charge in [-0.1, -0.05) is 60.7 Å². The Hall–Kier alpha value is -3.15. The number of likely N-dealkylation sites (tertiary alicyclic amines) is 1. The molecule has 1 atom stereocenters. The number of carbonyl (C=O) groups is 3. The molecule has 0 N–H and O–H groups in total. The number of hydrogen-bond donors (Lipinski definition) is 0. The van der Waals surface area contributed by atoms with Crippen molar-refractivity contribution in [1.29, 1.82) is 0 Å². The van der Waals surface area contributed by atoms with Crippen LogP contribution in [0.3, 0.4) is 0 Å². The van der Waals surface area contributed by atoms with E-state index < -0.39 is 11.8 Å². The van der Waals surface area contributed by atoms with Gasteiger partial charge in [0.1, 0.15) is 0 Å². The van der Waals surface area contributed by atoms with E-state index >= 15 is 0 Å². The highest BCUT2D eigenvalue weighted by molar-refractivity contribution is 6.34. The average molecular weight is 408 g/mol. The van der Waals surface area contributed by atoms with E-state index in [9.17, 15) is 14.4 Å². The molecular weight excluding hydrogens is 380 g/mol. The van der Waals surface area contributed by atoms with E-state index in [0.29, 0.717) is 39.1 Å². The molecular formula is C24H28N2O4. The van der Waals surface area contributed by atoms with Gasteiger partial charge in [-0.25, -0.2) is 0 Å². The first kappa shape index (κ1) is 21.6. The highest BCUT2D eigenvalue weighted by atomic mass is 16.5. The van der Waals surface area contributed by atoms with Crippen molar-refractivity contribution in [3.8, 4) is 0 Å². The maximum absolute atomic E-state index is 13.2. The van der Waals surface area contributed by atoms with Gasteiger partial charge in [0.05, 0.1) is 12.5 Å². The maximum Gasteiger partial charge on any atom is 0.312 e. The first-order chi connectivity index (χ1) is 14.6. The standard InChI is InChI=1S/C24H28N2O4/c1-2-30-24(29)21-14-9-15-25(18-21)22(27)23(28)26(16-19-10-5-3-6-11-19)17-20-12-7-4-8-13-20/h3-8,10-13,21H,2,9,14-18H2,1H3. The second kappa shape index (κ2) is 10.6. The SMILES string of the molecule is CCOC(=O)C1CCCN(C(=O)C(=O)N(Cc2ccccc2)Cc2ccccc2)C1. The third-order valence-electron chi connectivity index (χ3n) is 5.23. The molecule has 30 heavy (non-hydrogen) atoms. The van der Waals surface area contributed by atoms with E-state index in [1.54, 1.807) is 11.8 Å². The number of carbonyl (C=O) groups excluding carboxylic acids is 3. The van der Waals surface area contributed by atoms with E-state index in [1.165, 1.54) is 4.90 Å². The van der Waals surface area contributed by atoms with Crippen LogP contribution in [-0.4, -0.2) is 47.3 Å². The minimum atomic E-state index is -0.559. The predicted molar refractivity (Wildman–Crippen MR) is 113 cm³/mol. The fourth-order valence-corrected chi connectivity index (χ4v) is 3.69. The Morgan fingerprint density at radius 3 is 2.07 bits per heavy atom. The van der Waals surface area contributed by atoms with Crippen molar-refractivity contribution >= 4 is 17.8 Å². The van der Waals surface area contributed by atoms with E-state index in [2.05, 4.69) is 0 Å². The van der Waals surface area contributed by atoms with Crippen LogP contribution in [0, 0.1) is 5.92 Å². The Morgan fingerprint density at radius 2 is 1.53 bits per heavy atom. The molecule has 158 valence electrons. The van der Waals surface area contributed by atoms with Crippen molar-refractivity contribution < 1.29 is 19.1 Å². The molecule has 1 unspecified atom stereocenters. The fourth-order valence-electron chi connectivity index (χ4n) is 3.69. The molecule has 6 heteroatoms. The van der Waals surface area contributed by atoms with E-state index in [1.807, 2.05) is 60.7 Å². The summed E-state index contributed by atoms with van der Waals surface area (Å²) in [7, 11) is 0. The van der Waals surface area contributed by atoms with Crippen LogP contribution in [0.1, 0.15) is 30.9 Å². The Balaban J connectivity index is 1.74. The number of rotatable bonds is 6. The van der Waals surface area contributed by atoms with Crippen LogP contribution in [0.2, 0.25) is 0 Å². The average Bonchev–Trinajstić information content (AvgIpc) is 2.79. The number of piperidine rings is 1. The molecule has 0 aliphatic carbocycles. The number of hydrogen-bond acceptors (Lipinski definition) is 4. The molecule has 6 nitrogen and oxygen atoms in total. The molecule has 1 fully saturated rings. The minimum Gasteiger partial charge on any atom is -0.466 e. The minimum absolute atomic E-state index is 0.230.